The SMILES string of the molecule is COc1ccccc1C(NC(=O)CCC1CCNC1)c1ccccc1.Cl. The molecule has 2 atom stereocenters. The molecule has 4 nitrogen and oxygen atoms in total. The fourth-order valence-corrected chi connectivity index (χ4v) is 3.42. The van der Waals surface area contributed by atoms with Gasteiger partial charge in [0.1, 0.15) is 5.75 Å². The van der Waals surface area contributed by atoms with Crippen molar-refractivity contribution in [1.82, 2.24) is 10.6 Å². The lowest BCUT2D eigenvalue weighted by molar-refractivity contribution is -0.121. The molecule has 140 valence electrons. The number of nitrogens with one attached hydrogen (secondary N) is 2. The fourth-order valence-electron chi connectivity index (χ4n) is 3.42. The zero-order valence-corrected chi connectivity index (χ0v) is 15.9. The Morgan fingerprint density at radius 3 is 2.62 bits per heavy atom. The van der Waals surface area contributed by atoms with E-state index in [9.17, 15) is 4.79 Å². The molecule has 1 amide bonds. The second-order valence-corrected chi connectivity index (χ2v) is 6.55. The van der Waals surface area contributed by atoms with E-state index in [1.807, 2.05) is 54.6 Å². The van der Waals surface area contributed by atoms with Gasteiger partial charge in [0.15, 0.2) is 0 Å². The number of carbonyl (C=O) groups is 1. The number of benzene rings is 2. The summed E-state index contributed by atoms with van der Waals surface area (Å²) in [5.74, 6) is 1.50. The van der Waals surface area contributed by atoms with E-state index < -0.39 is 0 Å². The summed E-state index contributed by atoms with van der Waals surface area (Å²) >= 11 is 0. The van der Waals surface area contributed by atoms with E-state index in [1.165, 1.54) is 6.42 Å². The molecule has 1 saturated heterocycles. The van der Waals surface area contributed by atoms with Gasteiger partial charge in [0, 0.05) is 12.0 Å². The molecule has 2 aromatic carbocycles. The van der Waals surface area contributed by atoms with Crippen LogP contribution in [-0.4, -0.2) is 26.1 Å². The maximum atomic E-state index is 12.6. The van der Waals surface area contributed by atoms with Gasteiger partial charge in [-0.3, -0.25) is 4.79 Å². The van der Waals surface area contributed by atoms with Crippen LogP contribution in [0.15, 0.2) is 54.6 Å². The summed E-state index contributed by atoms with van der Waals surface area (Å²) in [6.07, 6.45) is 2.67. The van der Waals surface area contributed by atoms with Crippen LogP contribution in [0.5, 0.6) is 5.75 Å². The van der Waals surface area contributed by atoms with Crippen LogP contribution in [0.25, 0.3) is 0 Å². The first-order chi connectivity index (χ1) is 12.3. The molecule has 0 aromatic heterocycles. The highest BCUT2D eigenvalue weighted by Crippen LogP contribution is 2.30. The third-order valence-electron chi connectivity index (χ3n) is 4.83. The molecule has 0 spiro atoms. The van der Waals surface area contributed by atoms with Crippen LogP contribution < -0.4 is 15.4 Å². The fraction of sp³-hybridized carbons (Fsp3) is 0.381. The van der Waals surface area contributed by atoms with Crippen LogP contribution in [0.2, 0.25) is 0 Å². The number of hydrogen-bond acceptors (Lipinski definition) is 3. The first kappa shape index (κ1) is 20.3. The van der Waals surface area contributed by atoms with E-state index in [1.54, 1.807) is 7.11 Å². The second-order valence-electron chi connectivity index (χ2n) is 6.55. The van der Waals surface area contributed by atoms with Gasteiger partial charge in [-0.05, 0) is 43.5 Å². The first-order valence-corrected chi connectivity index (χ1v) is 8.96. The average Bonchev–Trinajstić information content (AvgIpc) is 3.19. The Kier molecular flexibility index (Phi) is 7.95. The molecule has 0 radical (unpaired) electrons. The van der Waals surface area contributed by atoms with E-state index in [2.05, 4.69) is 10.6 Å². The molecule has 2 aromatic rings. The normalized spacial score (nSPS) is 17.2. The molecule has 1 heterocycles. The monoisotopic (exact) mass is 374 g/mol. The Labute approximate surface area is 161 Å². The van der Waals surface area contributed by atoms with Crippen LogP contribution in [0.4, 0.5) is 0 Å². The lowest BCUT2D eigenvalue weighted by Crippen LogP contribution is -2.30. The first-order valence-electron chi connectivity index (χ1n) is 8.96. The van der Waals surface area contributed by atoms with E-state index in [0.29, 0.717) is 12.3 Å². The largest absolute Gasteiger partial charge is 0.496 e. The minimum absolute atomic E-state index is 0. The summed E-state index contributed by atoms with van der Waals surface area (Å²) in [4.78, 5) is 12.6. The third-order valence-corrected chi connectivity index (χ3v) is 4.83. The molecule has 2 N–H and O–H groups in total. The smallest absolute Gasteiger partial charge is 0.220 e. The average molecular weight is 375 g/mol. The van der Waals surface area contributed by atoms with Gasteiger partial charge in [-0.1, -0.05) is 48.5 Å². The highest BCUT2D eigenvalue weighted by molar-refractivity contribution is 5.85. The maximum absolute atomic E-state index is 12.6. The van der Waals surface area contributed by atoms with Crippen molar-refractivity contribution in [2.75, 3.05) is 20.2 Å². The van der Waals surface area contributed by atoms with Crippen molar-refractivity contribution < 1.29 is 9.53 Å². The van der Waals surface area contributed by atoms with Gasteiger partial charge in [-0.15, -0.1) is 12.4 Å². The molecule has 0 aliphatic carbocycles. The van der Waals surface area contributed by atoms with Crippen molar-refractivity contribution in [2.24, 2.45) is 5.92 Å². The number of hydrogen-bond donors (Lipinski definition) is 2. The molecule has 0 saturated carbocycles. The standard InChI is InChI=1S/C21H26N2O2.ClH/c1-25-19-10-6-5-9-18(19)21(17-7-3-2-4-8-17)23-20(24)12-11-16-13-14-22-15-16;/h2-10,16,21-22H,11-15H2,1H3,(H,23,24);1H. The van der Waals surface area contributed by atoms with Crippen LogP contribution in [-0.2, 0) is 4.79 Å². The summed E-state index contributed by atoms with van der Waals surface area (Å²) < 4.78 is 5.51. The van der Waals surface area contributed by atoms with Gasteiger partial charge in [0.05, 0.1) is 13.2 Å². The lowest BCUT2D eigenvalue weighted by Gasteiger charge is -2.22. The molecule has 1 aliphatic heterocycles. The van der Waals surface area contributed by atoms with Gasteiger partial charge >= 0.3 is 0 Å². The Bertz CT molecular complexity index is 687. The highest BCUT2D eigenvalue weighted by Gasteiger charge is 2.21. The zero-order chi connectivity index (χ0) is 17.5. The van der Waals surface area contributed by atoms with Crippen LogP contribution >= 0.6 is 12.4 Å². The summed E-state index contributed by atoms with van der Waals surface area (Å²) in [7, 11) is 1.66. The molecule has 0 bridgehead atoms. The quantitative estimate of drug-likeness (QED) is 0.776. The summed E-state index contributed by atoms with van der Waals surface area (Å²) in [5, 5.41) is 6.56. The van der Waals surface area contributed by atoms with Gasteiger partial charge in [0.25, 0.3) is 0 Å². The van der Waals surface area contributed by atoms with Crippen molar-refractivity contribution in [3.05, 3.63) is 65.7 Å². The lowest BCUT2D eigenvalue weighted by atomic mass is 9.97. The number of methoxy groups -OCH3 is 1. The Hall–Kier alpha value is -2.04. The molecule has 2 unspecified atom stereocenters. The van der Waals surface area contributed by atoms with Crippen molar-refractivity contribution in [3.63, 3.8) is 0 Å². The minimum atomic E-state index is -0.202. The molecule has 1 fully saturated rings. The number of carbonyl (C=O) groups excluding carboxylic acids is 1. The Balaban J connectivity index is 0.00000243. The topological polar surface area (TPSA) is 50.4 Å². The number of halogens is 1. The maximum Gasteiger partial charge on any atom is 0.220 e. The number of amides is 1. The van der Waals surface area contributed by atoms with Crippen LogP contribution in [0.1, 0.15) is 36.4 Å². The van der Waals surface area contributed by atoms with Gasteiger partial charge in [-0.2, -0.15) is 0 Å². The van der Waals surface area contributed by atoms with Gasteiger partial charge in [0.2, 0.25) is 5.91 Å². The van der Waals surface area contributed by atoms with Crippen molar-refractivity contribution in [1.29, 1.82) is 0 Å². The third kappa shape index (κ3) is 5.23. The van der Waals surface area contributed by atoms with Crippen molar-refractivity contribution in [3.8, 4) is 5.75 Å². The van der Waals surface area contributed by atoms with E-state index in [0.717, 1.165) is 36.4 Å². The Morgan fingerprint density at radius 2 is 1.92 bits per heavy atom. The summed E-state index contributed by atoms with van der Waals surface area (Å²) in [5.41, 5.74) is 2.04. The van der Waals surface area contributed by atoms with Crippen LogP contribution in [0.3, 0.4) is 0 Å². The zero-order valence-electron chi connectivity index (χ0n) is 15.1. The highest BCUT2D eigenvalue weighted by atomic mass is 35.5. The van der Waals surface area contributed by atoms with E-state index >= 15 is 0 Å². The molecule has 5 heteroatoms. The van der Waals surface area contributed by atoms with Crippen molar-refractivity contribution >= 4 is 18.3 Å². The number of para-hydroxylation sites is 1. The van der Waals surface area contributed by atoms with Gasteiger partial charge < -0.3 is 15.4 Å². The number of rotatable bonds is 7. The van der Waals surface area contributed by atoms with E-state index in [-0.39, 0.29) is 24.4 Å². The molecule has 26 heavy (non-hydrogen) atoms. The predicted octanol–water partition coefficient (Wildman–Crippen LogP) is 3.71. The minimum Gasteiger partial charge on any atom is -0.496 e. The predicted molar refractivity (Wildman–Crippen MR) is 107 cm³/mol. The van der Waals surface area contributed by atoms with Gasteiger partial charge in [-0.25, -0.2) is 0 Å². The van der Waals surface area contributed by atoms with E-state index in [4.69, 9.17) is 4.74 Å². The van der Waals surface area contributed by atoms with Crippen LogP contribution in [0, 0.1) is 5.92 Å². The second kappa shape index (κ2) is 10.2. The molecular formula is C21H27ClN2O2. The number of ether oxygens (including phenoxy) is 1. The molecule has 3 rings (SSSR count). The molecule has 1 aliphatic rings. The molecular weight excluding hydrogens is 348 g/mol. The van der Waals surface area contributed by atoms with Crippen molar-refractivity contribution in [2.45, 2.75) is 25.3 Å². The summed E-state index contributed by atoms with van der Waals surface area (Å²) in [6.45, 7) is 2.10. The summed E-state index contributed by atoms with van der Waals surface area (Å²) in [6, 6.07) is 17.7. The Morgan fingerprint density at radius 1 is 1.19 bits per heavy atom.